The van der Waals surface area contributed by atoms with E-state index in [2.05, 4.69) is 9.97 Å². The summed E-state index contributed by atoms with van der Waals surface area (Å²) in [5.41, 5.74) is 4.82. The highest BCUT2D eigenvalue weighted by Gasteiger charge is 2.56. The van der Waals surface area contributed by atoms with Crippen LogP contribution in [0.4, 0.5) is 27.8 Å². The number of nitrogens with zero attached hydrogens (tertiary/aromatic N) is 3. The number of aromatic nitrogens is 2. The highest BCUT2D eigenvalue weighted by atomic mass is 19.4. The molecule has 1 rings (SSSR count). The fourth-order valence-electron chi connectivity index (χ4n) is 1.09. The normalized spacial score (nSPS) is 12.2. The summed E-state index contributed by atoms with van der Waals surface area (Å²) in [6.45, 7) is 0. The number of rotatable bonds is 3. The van der Waals surface area contributed by atoms with Gasteiger partial charge in [0.15, 0.2) is 5.69 Å². The van der Waals surface area contributed by atoms with Gasteiger partial charge in [0.25, 0.3) is 0 Å². The van der Waals surface area contributed by atoms with Gasteiger partial charge in [0.1, 0.15) is 11.9 Å². The first-order chi connectivity index (χ1) is 8.17. The number of aryl methyl sites for hydroxylation is 1. The van der Waals surface area contributed by atoms with Crippen LogP contribution in [0.2, 0.25) is 0 Å². The molecule has 0 unspecified atom stereocenters. The van der Waals surface area contributed by atoms with Gasteiger partial charge in [-0.1, -0.05) is 0 Å². The summed E-state index contributed by atoms with van der Waals surface area (Å²) < 4.78 is 61.0. The average molecular weight is 266 g/mol. The van der Waals surface area contributed by atoms with Crippen molar-refractivity contribution >= 4 is 5.82 Å². The number of anilines is 1. The van der Waals surface area contributed by atoms with Crippen LogP contribution >= 0.6 is 0 Å². The van der Waals surface area contributed by atoms with E-state index in [1.807, 2.05) is 0 Å². The van der Waals surface area contributed by atoms with Crippen molar-refractivity contribution in [3.8, 4) is 6.07 Å². The van der Waals surface area contributed by atoms with Gasteiger partial charge in [-0.15, -0.1) is 0 Å². The van der Waals surface area contributed by atoms with Gasteiger partial charge in [-0.25, -0.2) is 9.97 Å². The van der Waals surface area contributed by atoms with E-state index in [1.165, 1.54) is 0 Å². The van der Waals surface area contributed by atoms with Crippen molar-refractivity contribution in [1.29, 1.82) is 5.26 Å². The summed E-state index contributed by atoms with van der Waals surface area (Å²) in [6.07, 6.45) is -6.84. The van der Waals surface area contributed by atoms with Gasteiger partial charge in [-0.2, -0.15) is 27.2 Å². The van der Waals surface area contributed by atoms with Crippen LogP contribution in [0.1, 0.15) is 17.8 Å². The van der Waals surface area contributed by atoms with Crippen LogP contribution in [-0.4, -0.2) is 22.1 Å². The molecular weight excluding hydrogens is 259 g/mol. The highest BCUT2D eigenvalue weighted by molar-refractivity contribution is 5.36. The van der Waals surface area contributed by atoms with Crippen LogP contribution in [-0.2, 0) is 6.42 Å². The molecule has 0 bridgehead atoms. The second kappa shape index (κ2) is 4.72. The molecule has 0 aliphatic rings. The minimum atomic E-state index is -5.62. The number of nitriles is 1. The van der Waals surface area contributed by atoms with Gasteiger partial charge in [0, 0.05) is 6.42 Å². The molecule has 0 amide bonds. The maximum atomic E-state index is 12.7. The molecule has 2 N–H and O–H groups in total. The molecule has 1 aromatic rings. The summed E-state index contributed by atoms with van der Waals surface area (Å²) in [5.74, 6) is -5.10. The molecule has 0 saturated carbocycles. The molecule has 4 nitrogen and oxygen atoms in total. The number of halogens is 5. The highest BCUT2D eigenvalue weighted by Crippen LogP contribution is 2.38. The SMILES string of the molecule is N#Cc1cnc(N)c(CCC(F)(F)C(F)(F)F)n1. The smallest absolute Gasteiger partial charge is 0.382 e. The van der Waals surface area contributed by atoms with Crippen molar-refractivity contribution < 1.29 is 22.0 Å². The van der Waals surface area contributed by atoms with Crippen LogP contribution in [0, 0.1) is 11.3 Å². The third-order valence-corrected chi connectivity index (χ3v) is 2.08. The largest absolute Gasteiger partial charge is 0.453 e. The number of hydrogen-bond donors (Lipinski definition) is 1. The molecule has 98 valence electrons. The molecule has 9 heteroatoms. The Morgan fingerprint density at radius 1 is 1.28 bits per heavy atom. The van der Waals surface area contributed by atoms with E-state index in [4.69, 9.17) is 11.0 Å². The number of nitrogen functional groups attached to an aromatic ring is 1. The first-order valence-electron chi connectivity index (χ1n) is 4.63. The fourth-order valence-corrected chi connectivity index (χ4v) is 1.09. The zero-order valence-electron chi connectivity index (χ0n) is 8.80. The lowest BCUT2D eigenvalue weighted by atomic mass is 10.1. The quantitative estimate of drug-likeness (QED) is 0.849. The zero-order valence-corrected chi connectivity index (χ0v) is 8.80. The third-order valence-electron chi connectivity index (χ3n) is 2.08. The summed E-state index contributed by atoms with van der Waals surface area (Å²) in [5, 5.41) is 8.49. The molecule has 1 aromatic heterocycles. The topological polar surface area (TPSA) is 75.6 Å². The molecule has 0 fully saturated rings. The Morgan fingerprint density at radius 3 is 2.39 bits per heavy atom. The fraction of sp³-hybridized carbons (Fsp3) is 0.444. The monoisotopic (exact) mass is 266 g/mol. The van der Waals surface area contributed by atoms with E-state index >= 15 is 0 Å². The molecule has 1 heterocycles. The van der Waals surface area contributed by atoms with E-state index < -0.39 is 24.9 Å². The Bertz CT molecular complexity index is 477. The second-order valence-corrected chi connectivity index (χ2v) is 3.40. The molecule has 0 saturated heterocycles. The second-order valence-electron chi connectivity index (χ2n) is 3.40. The summed E-state index contributed by atoms with van der Waals surface area (Å²) in [4.78, 5) is 7.01. The molecular formula is C9H7F5N4. The van der Waals surface area contributed by atoms with E-state index in [-0.39, 0.29) is 17.2 Å². The first-order valence-corrected chi connectivity index (χ1v) is 4.63. The van der Waals surface area contributed by atoms with Crippen LogP contribution in [0.3, 0.4) is 0 Å². The van der Waals surface area contributed by atoms with Crippen molar-refractivity contribution in [2.24, 2.45) is 0 Å². The van der Waals surface area contributed by atoms with Gasteiger partial charge >= 0.3 is 12.1 Å². The minimum absolute atomic E-state index is 0.200. The lowest BCUT2D eigenvalue weighted by Gasteiger charge is -2.19. The minimum Gasteiger partial charge on any atom is -0.382 e. The average Bonchev–Trinajstić information content (AvgIpc) is 2.26. The molecule has 0 spiro atoms. The molecule has 0 aliphatic heterocycles. The summed E-state index contributed by atoms with van der Waals surface area (Å²) in [7, 11) is 0. The van der Waals surface area contributed by atoms with Crippen LogP contribution in [0.5, 0.6) is 0 Å². The number of alkyl halides is 5. The molecule has 18 heavy (non-hydrogen) atoms. The van der Waals surface area contributed by atoms with E-state index in [9.17, 15) is 22.0 Å². The van der Waals surface area contributed by atoms with E-state index in [0.717, 1.165) is 6.20 Å². The predicted molar refractivity (Wildman–Crippen MR) is 50.5 cm³/mol. The van der Waals surface area contributed by atoms with Gasteiger partial charge < -0.3 is 5.73 Å². The number of hydrogen-bond acceptors (Lipinski definition) is 4. The molecule has 0 atom stereocenters. The Hall–Kier alpha value is -1.98. The van der Waals surface area contributed by atoms with E-state index in [0.29, 0.717) is 0 Å². The van der Waals surface area contributed by atoms with Crippen molar-refractivity contribution in [2.45, 2.75) is 24.9 Å². The standard InChI is InChI=1S/C9H7F5N4/c10-8(11,9(12,13)14)2-1-6-7(16)17-4-5(3-15)18-6/h4H,1-2H2,(H2,16,17). The molecule has 0 aliphatic carbocycles. The lowest BCUT2D eigenvalue weighted by Crippen LogP contribution is -2.36. The van der Waals surface area contributed by atoms with E-state index in [1.54, 1.807) is 6.07 Å². The van der Waals surface area contributed by atoms with Crippen LogP contribution in [0.25, 0.3) is 0 Å². The van der Waals surface area contributed by atoms with Crippen molar-refractivity contribution in [1.82, 2.24) is 9.97 Å². The first kappa shape index (κ1) is 14.1. The van der Waals surface area contributed by atoms with Gasteiger partial charge in [0.05, 0.1) is 11.9 Å². The van der Waals surface area contributed by atoms with Crippen LogP contribution < -0.4 is 5.73 Å². The van der Waals surface area contributed by atoms with Crippen molar-refractivity contribution in [3.05, 3.63) is 17.6 Å². The van der Waals surface area contributed by atoms with Crippen molar-refractivity contribution in [3.63, 3.8) is 0 Å². The Labute approximate surface area is 98.3 Å². The molecule has 0 aromatic carbocycles. The molecule has 0 radical (unpaired) electrons. The predicted octanol–water partition coefficient (Wildman–Crippen LogP) is 2.06. The third kappa shape index (κ3) is 3.03. The van der Waals surface area contributed by atoms with Crippen LogP contribution in [0.15, 0.2) is 6.20 Å². The van der Waals surface area contributed by atoms with Gasteiger partial charge in [-0.3, -0.25) is 0 Å². The van der Waals surface area contributed by atoms with Gasteiger partial charge in [0.2, 0.25) is 0 Å². The maximum absolute atomic E-state index is 12.7. The summed E-state index contributed by atoms with van der Waals surface area (Å²) in [6, 6.07) is 1.58. The summed E-state index contributed by atoms with van der Waals surface area (Å²) >= 11 is 0. The zero-order chi connectivity index (χ0) is 14.0. The number of nitrogens with two attached hydrogens (primary N) is 1. The van der Waals surface area contributed by atoms with Crippen molar-refractivity contribution in [2.75, 3.05) is 5.73 Å². The Morgan fingerprint density at radius 2 is 1.89 bits per heavy atom. The van der Waals surface area contributed by atoms with Gasteiger partial charge in [-0.05, 0) is 6.42 Å². The maximum Gasteiger partial charge on any atom is 0.453 e. The Kier molecular flexibility index (Phi) is 3.69. The Balaban J connectivity index is 2.84. The lowest BCUT2D eigenvalue weighted by molar-refractivity contribution is -0.284.